The fraction of sp³-hybridized carbons (Fsp3) is 0.250. The van der Waals surface area contributed by atoms with Crippen LogP contribution in [0.25, 0.3) is 16.6 Å². The third kappa shape index (κ3) is 2.76. The van der Waals surface area contributed by atoms with E-state index in [1.807, 2.05) is 18.2 Å². The van der Waals surface area contributed by atoms with Crippen molar-refractivity contribution in [2.24, 2.45) is 5.92 Å². The van der Waals surface area contributed by atoms with Gasteiger partial charge in [0.15, 0.2) is 5.65 Å². The Labute approximate surface area is 150 Å². The van der Waals surface area contributed by atoms with Crippen molar-refractivity contribution < 1.29 is 0 Å². The number of aryl methyl sites for hydroxylation is 1. The molecule has 5 heteroatoms. The minimum Gasteiger partial charge on any atom is -0.253 e. The molecule has 0 aliphatic heterocycles. The second-order valence-corrected chi connectivity index (χ2v) is 7.13. The summed E-state index contributed by atoms with van der Waals surface area (Å²) in [5.74, 6) is 1.27. The normalized spacial score (nSPS) is 19.6. The number of fused-ring (bicyclic) bond motifs is 2. The molecule has 1 fully saturated rings. The molecule has 0 radical (unpaired) electrons. The summed E-state index contributed by atoms with van der Waals surface area (Å²) in [6.07, 6.45) is 5.00. The van der Waals surface area contributed by atoms with Crippen molar-refractivity contribution in [1.82, 2.24) is 19.6 Å². The van der Waals surface area contributed by atoms with Crippen LogP contribution in [0.5, 0.6) is 0 Å². The molecular formula is C20H17ClN4. The third-order valence-electron chi connectivity index (χ3n) is 5.06. The lowest BCUT2D eigenvalue weighted by Gasteiger charge is -2.04. The van der Waals surface area contributed by atoms with E-state index < -0.39 is 0 Å². The molecule has 1 aliphatic rings. The van der Waals surface area contributed by atoms with E-state index in [0.29, 0.717) is 17.0 Å². The van der Waals surface area contributed by atoms with Gasteiger partial charge in [0.05, 0.1) is 11.7 Å². The Morgan fingerprint density at radius 2 is 2.00 bits per heavy atom. The Morgan fingerprint density at radius 3 is 2.96 bits per heavy atom. The van der Waals surface area contributed by atoms with Crippen LogP contribution in [0.15, 0.2) is 54.7 Å². The maximum atomic E-state index is 6.26. The van der Waals surface area contributed by atoms with Crippen molar-refractivity contribution in [2.45, 2.75) is 25.2 Å². The predicted octanol–water partition coefficient (Wildman–Crippen LogP) is 4.67. The zero-order chi connectivity index (χ0) is 16.8. The number of rotatable bonds is 4. The molecule has 2 atom stereocenters. The van der Waals surface area contributed by atoms with E-state index >= 15 is 0 Å². The predicted molar refractivity (Wildman–Crippen MR) is 98.9 cm³/mol. The van der Waals surface area contributed by atoms with Crippen LogP contribution in [0, 0.1) is 5.92 Å². The van der Waals surface area contributed by atoms with Gasteiger partial charge in [-0.05, 0) is 43.4 Å². The van der Waals surface area contributed by atoms with Crippen LogP contribution in [0.2, 0.25) is 5.15 Å². The molecule has 124 valence electrons. The quantitative estimate of drug-likeness (QED) is 0.503. The van der Waals surface area contributed by atoms with Crippen LogP contribution in [-0.2, 0) is 6.42 Å². The summed E-state index contributed by atoms with van der Waals surface area (Å²) >= 11 is 6.26. The fourth-order valence-corrected chi connectivity index (χ4v) is 3.86. The summed E-state index contributed by atoms with van der Waals surface area (Å²) in [4.78, 5) is 9.48. The molecular weight excluding hydrogens is 332 g/mol. The van der Waals surface area contributed by atoms with E-state index in [9.17, 15) is 0 Å². The van der Waals surface area contributed by atoms with Crippen molar-refractivity contribution in [3.63, 3.8) is 0 Å². The van der Waals surface area contributed by atoms with Crippen LogP contribution in [0.3, 0.4) is 0 Å². The second-order valence-electron chi connectivity index (χ2n) is 6.74. The minimum absolute atomic E-state index is 0.582. The molecule has 1 aromatic carbocycles. The van der Waals surface area contributed by atoms with E-state index in [1.54, 1.807) is 10.7 Å². The summed E-state index contributed by atoms with van der Waals surface area (Å²) in [7, 11) is 0. The van der Waals surface area contributed by atoms with Crippen LogP contribution in [-0.4, -0.2) is 19.6 Å². The Balaban J connectivity index is 1.29. The number of pyridine rings is 1. The molecule has 0 bridgehead atoms. The van der Waals surface area contributed by atoms with Gasteiger partial charge in [-0.3, -0.25) is 4.98 Å². The zero-order valence-corrected chi connectivity index (χ0v) is 14.4. The van der Waals surface area contributed by atoms with Crippen molar-refractivity contribution in [2.75, 3.05) is 0 Å². The zero-order valence-electron chi connectivity index (χ0n) is 13.6. The first kappa shape index (κ1) is 14.8. The third-order valence-corrected chi connectivity index (χ3v) is 5.33. The van der Waals surface area contributed by atoms with E-state index in [2.05, 4.69) is 40.4 Å². The molecule has 25 heavy (non-hydrogen) atoms. The number of nitrogens with zero attached hydrogens (tertiary/aromatic N) is 4. The number of halogens is 1. The Kier molecular flexibility index (Phi) is 3.45. The molecule has 0 N–H and O–H groups in total. The SMILES string of the molecule is Clc1cc(CCC2CC2c2ccc3ccccc3n2)nc2ccnn12. The maximum Gasteiger partial charge on any atom is 0.156 e. The fourth-order valence-electron chi connectivity index (χ4n) is 3.60. The molecule has 3 heterocycles. The van der Waals surface area contributed by atoms with Gasteiger partial charge in [0.2, 0.25) is 0 Å². The minimum atomic E-state index is 0.582. The van der Waals surface area contributed by atoms with Gasteiger partial charge in [0.25, 0.3) is 0 Å². The van der Waals surface area contributed by atoms with Gasteiger partial charge in [0.1, 0.15) is 5.15 Å². The molecule has 2 unspecified atom stereocenters. The molecule has 5 rings (SSSR count). The van der Waals surface area contributed by atoms with Crippen LogP contribution in [0.1, 0.15) is 30.1 Å². The van der Waals surface area contributed by atoms with Crippen molar-refractivity contribution in [3.8, 4) is 0 Å². The number of benzene rings is 1. The maximum absolute atomic E-state index is 6.26. The number of aromatic nitrogens is 4. The van der Waals surface area contributed by atoms with Gasteiger partial charge < -0.3 is 0 Å². The van der Waals surface area contributed by atoms with Crippen LogP contribution in [0.4, 0.5) is 0 Å². The summed E-state index contributed by atoms with van der Waals surface area (Å²) in [5, 5.41) is 5.98. The summed E-state index contributed by atoms with van der Waals surface area (Å²) in [6, 6.07) is 16.5. The highest BCUT2D eigenvalue weighted by Crippen LogP contribution is 2.49. The molecule has 3 aromatic heterocycles. The summed E-state index contributed by atoms with van der Waals surface area (Å²) < 4.78 is 1.66. The number of hydrogen-bond acceptors (Lipinski definition) is 3. The lowest BCUT2D eigenvalue weighted by atomic mass is 10.1. The smallest absolute Gasteiger partial charge is 0.156 e. The molecule has 4 nitrogen and oxygen atoms in total. The van der Waals surface area contributed by atoms with Gasteiger partial charge in [-0.15, -0.1) is 0 Å². The van der Waals surface area contributed by atoms with Crippen LogP contribution >= 0.6 is 11.6 Å². The standard InChI is InChI=1S/C20H17ClN4/c21-19-12-15(23-20-9-10-22-25(19)20)7-5-14-11-16(14)18-8-6-13-3-1-2-4-17(13)24-18/h1-4,6,8-10,12,14,16H,5,7,11H2. The van der Waals surface area contributed by atoms with E-state index in [0.717, 1.165) is 29.7 Å². The lowest BCUT2D eigenvalue weighted by molar-refractivity contribution is 0.687. The molecule has 0 spiro atoms. The van der Waals surface area contributed by atoms with Gasteiger partial charge in [0, 0.05) is 28.8 Å². The summed E-state index contributed by atoms with van der Waals surface area (Å²) in [5.41, 5.74) is 4.16. The largest absolute Gasteiger partial charge is 0.253 e. The van der Waals surface area contributed by atoms with E-state index in [4.69, 9.17) is 16.6 Å². The van der Waals surface area contributed by atoms with Gasteiger partial charge >= 0.3 is 0 Å². The first-order valence-corrected chi connectivity index (χ1v) is 9.00. The topological polar surface area (TPSA) is 43.1 Å². The van der Waals surface area contributed by atoms with Crippen molar-refractivity contribution in [1.29, 1.82) is 0 Å². The van der Waals surface area contributed by atoms with E-state index in [1.165, 1.54) is 17.5 Å². The van der Waals surface area contributed by atoms with Crippen molar-refractivity contribution in [3.05, 3.63) is 71.3 Å². The molecule has 1 saturated carbocycles. The number of para-hydroxylation sites is 1. The first-order chi connectivity index (χ1) is 12.3. The summed E-state index contributed by atoms with van der Waals surface area (Å²) in [6.45, 7) is 0. The first-order valence-electron chi connectivity index (χ1n) is 8.63. The number of hydrogen-bond donors (Lipinski definition) is 0. The Morgan fingerprint density at radius 1 is 1.08 bits per heavy atom. The van der Waals surface area contributed by atoms with Gasteiger partial charge in [-0.2, -0.15) is 5.10 Å². The second kappa shape index (κ2) is 5.81. The van der Waals surface area contributed by atoms with Crippen LogP contribution < -0.4 is 0 Å². The lowest BCUT2D eigenvalue weighted by Crippen LogP contribution is -1.98. The average molecular weight is 349 g/mol. The molecule has 1 aliphatic carbocycles. The van der Waals surface area contributed by atoms with Gasteiger partial charge in [-0.25, -0.2) is 9.50 Å². The average Bonchev–Trinajstić information content (AvgIpc) is 3.26. The van der Waals surface area contributed by atoms with Gasteiger partial charge in [-0.1, -0.05) is 35.9 Å². The molecule has 0 saturated heterocycles. The molecule has 4 aromatic rings. The Bertz CT molecular complexity index is 1070. The van der Waals surface area contributed by atoms with E-state index in [-0.39, 0.29) is 0 Å². The Hall–Kier alpha value is -2.46. The highest BCUT2D eigenvalue weighted by atomic mass is 35.5. The highest BCUT2D eigenvalue weighted by molar-refractivity contribution is 6.29. The van der Waals surface area contributed by atoms with Crippen molar-refractivity contribution >= 4 is 28.2 Å². The monoisotopic (exact) mass is 348 g/mol. The molecule has 0 amide bonds. The highest BCUT2D eigenvalue weighted by Gasteiger charge is 2.38.